The van der Waals surface area contributed by atoms with Gasteiger partial charge in [-0.05, 0) is 42.8 Å². The fraction of sp³-hybridized carbons (Fsp3) is 0.480. The van der Waals surface area contributed by atoms with Crippen LogP contribution in [0.3, 0.4) is 0 Å². The Morgan fingerprint density at radius 3 is 2.17 bits per heavy atom. The van der Waals surface area contributed by atoms with Crippen LogP contribution in [0.25, 0.3) is 11.0 Å². The predicted molar refractivity (Wildman–Crippen MR) is 120 cm³/mol. The number of aryl methyl sites for hydroxylation is 1. The molecule has 29 heavy (non-hydrogen) atoms. The van der Waals surface area contributed by atoms with Crippen molar-refractivity contribution in [3.8, 4) is 11.5 Å². The molecule has 0 aliphatic heterocycles. The molecule has 4 nitrogen and oxygen atoms in total. The van der Waals surface area contributed by atoms with E-state index >= 15 is 0 Å². The van der Waals surface area contributed by atoms with Gasteiger partial charge in [0.25, 0.3) is 0 Å². The minimum absolute atomic E-state index is 0.470. The summed E-state index contributed by atoms with van der Waals surface area (Å²) in [5.41, 5.74) is 2.24. The molecule has 1 aromatic heterocycles. The Balaban J connectivity index is 1.57. The molecule has 1 heterocycles. The number of methoxy groups -OCH3 is 1. The molecule has 0 atom stereocenters. The van der Waals surface area contributed by atoms with Crippen molar-refractivity contribution in [2.75, 3.05) is 7.11 Å². The van der Waals surface area contributed by atoms with Gasteiger partial charge in [-0.15, -0.1) is 0 Å². The molecular formula is C25H34N2O2. The third-order valence-corrected chi connectivity index (χ3v) is 5.40. The van der Waals surface area contributed by atoms with Crippen molar-refractivity contribution in [2.24, 2.45) is 0 Å². The van der Waals surface area contributed by atoms with Gasteiger partial charge in [0.05, 0.1) is 18.1 Å². The maximum Gasteiger partial charge on any atom is 0.147 e. The Morgan fingerprint density at radius 1 is 0.793 bits per heavy atom. The molecule has 0 saturated heterocycles. The van der Waals surface area contributed by atoms with Crippen LogP contribution in [-0.4, -0.2) is 16.7 Å². The van der Waals surface area contributed by atoms with E-state index in [2.05, 4.69) is 29.7 Å². The van der Waals surface area contributed by atoms with Crippen molar-refractivity contribution in [2.45, 2.75) is 71.4 Å². The number of aromatic nitrogens is 2. The number of para-hydroxylation sites is 2. The Hall–Kier alpha value is -2.49. The summed E-state index contributed by atoms with van der Waals surface area (Å²) in [7, 11) is 1.67. The van der Waals surface area contributed by atoms with Crippen LogP contribution in [0.5, 0.6) is 11.5 Å². The first-order valence-electron chi connectivity index (χ1n) is 11.0. The standard InChI is InChI=1S/C25H34N2O2/c1-3-4-5-6-7-8-9-12-19-27-24-14-11-10-13-23(24)26-25(27)20-29-22-17-15-21(28-2)16-18-22/h10-11,13-18H,3-9,12,19-20H2,1-2H3. The van der Waals surface area contributed by atoms with Crippen molar-refractivity contribution >= 4 is 11.0 Å². The first-order chi connectivity index (χ1) is 14.3. The molecule has 3 aromatic rings. The Labute approximate surface area is 174 Å². The lowest BCUT2D eigenvalue weighted by molar-refractivity contribution is 0.289. The summed E-state index contributed by atoms with van der Waals surface area (Å²) in [6.45, 7) is 3.74. The van der Waals surface area contributed by atoms with Gasteiger partial charge >= 0.3 is 0 Å². The fourth-order valence-electron chi connectivity index (χ4n) is 3.71. The summed E-state index contributed by atoms with van der Waals surface area (Å²) in [4.78, 5) is 4.82. The minimum atomic E-state index is 0.470. The largest absolute Gasteiger partial charge is 0.497 e. The van der Waals surface area contributed by atoms with E-state index in [-0.39, 0.29) is 0 Å². The number of ether oxygens (including phenoxy) is 2. The number of hydrogen-bond donors (Lipinski definition) is 0. The van der Waals surface area contributed by atoms with Crippen LogP contribution in [0.4, 0.5) is 0 Å². The lowest BCUT2D eigenvalue weighted by atomic mass is 10.1. The lowest BCUT2D eigenvalue weighted by Gasteiger charge is -2.11. The van der Waals surface area contributed by atoms with Crippen LogP contribution in [0.15, 0.2) is 48.5 Å². The van der Waals surface area contributed by atoms with E-state index in [0.717, 1.165) is 29.4 Å². The summed E-state index contributed by atoms with van der Waals surface area (Å²) in [6.07, 6.45) is 10.6. The van der Waals surface area contributed by atoms with E-state index < -0.39 is 0 Å². The monoisotopic (exact) mass is 394 g/mol. The van der Waals surface area contributed by atoms with E-state index in [1.54, 1.807) is 7.11 Å². The Kier molecular flexibility index (Phi) is 8.41. The number of nitrogens with zero attached hydrogens (tertiary/aromatic N) is 2. The number of imidazole rings is 1. The van der Waals surface area contributed by atoms with Gasteiger partial charge in [0.15, 0.2) is 0 Å². The maximum atomic E-state index is 6.01. The average Bonchev–Trinajstić information content (AvgIpc) is 3.12. The van der Waals surface area contributed by atoms with Gasteiger partial charge in [-0.2, -0.15) is 0 Å². The van der Waals surface area contributed by atoms with E-state index in [0.29, 0.717) is 6.61 Å². The van der Waals surface area contributed by atoms with Crippen molar-refractivity contribution in [3.63, 3.8) is 0 Å². The van der Waals surface area contributed by atoms with Gasteiger partial charge < -0.3 is 14.0 Å². The first kappa shape index (κ1) is 21.2. The summed E-state index contributed by atoms with van der Waals surface area (Å²) in [5, 5.41) is 0. The third kappa shape index (κ3) is 6.25. The van der Waals surface area contributed by atoms with Crippen LogP contribution < -0.4 is 9.47 Å². The van der Waals surface area contributed by atoms with Gasteiger partial charge in [0.2, 0.25) is 0 Å². The van der Waals surface area contributed by atoms with E-state index in [1.807, 2.05) is 30.3 Å². The van der Waals surface area contributed by atoms with Crippen LogP contribution in [0.1, 0.15) is 64.1 Å². The van der Waals surface area contributed by atoms with Gasteiger partial charge in [-0.3, -0.25) is 0 Å². The SMILES string of the molecule is CCCCCCCCCCn1c(COc2ccc(OC)cc2)nc2ccccc21. The zero-order valence-corrected chi connectivity index (χ0v) is 17.9. The van der Waals surface area contributed by atoms with E-state index in [9.17, 15) is 0 Å². The third-order valence-electron chi connectivity index (χ3n) is 5.40. The predicted octanol–water partition coefficient (Wildman–Crippen LogP) is 6.76. The highest BCUT2D eigenvalue weighted by Crippen LogP contribution is 2.21. The molecule has 0 spiro atoms. The molecule has 0 aliphatic carbocycles. The summed E-state index contributed by atoms with van der Waals surface area (Å²) in [5.74, 6) is 2.65. The molecule has 4 heteroatoms. The van der Waals surface area contributed by atoms with Crippen LogP contribution in [0.2, 0.25) is 0 Å². The van der Waals surface area contributed by atoms with Gasteiger partial charge in [-0.25, -0.2) is 4.98 Å². The van der Waals surface area contributed by atoms with Crippen LogP contribution >= 0.6 is 0 Å². The molecule has 0 unspecified atom stereocenters. The molecule has 0 fully saturated rings. The molecule has 156 valence electrons. The smallest absolute Gasteiger partial charge is 0.147 e. The van der Waals surface area contributed by atoms with Crippen LogP contribution in [-0.2, 0) is 13.2 Å². The molecule has 2 aromatic carbocycles. The van der Waals surface area contributed by atoms with Gasteiger partial charge in [0, 0.05) is 6.54 Å². The number of benzene rings is 2. The summed E-state index contributed by atoms with van der Waals surface area (Å²) in [6, 6.07) is 16.1. The summed E-state index contributed by atoms with van der Waals surface area (Å²) < 4.78 is 13.5. The quantitative estimate of drug-likeness (QED) is 0.300. The highest BCUT2D eigenvalue weighted by molar-refractivity contribution is 5.75. The molecule has 0 saturated carbocycles. The number of unbranched alkanes of at least 4 members (excludes halogenated alkanes) is 7. The summed E-state index contributed by atoms with van der Waals surface area (Å²) >= 11 is 0. The highest BCUT2D eigenvalue weighted by Gasteiger charge is 2.11. The second-order valence-corrected chi connectivity index (χ2v) is 7.61. The van der Waals surface area contributed by atoms with Crippen molar-refractivity contribution in [1.29, 1.82) is 0 Å². The molecule has 3 rings (SSSR count). The molecule has 0 N–H and O–H groups in total. The average molecular weight is 395 g/mol. The molecule has 0 radical (unpaired) electrons. The molecular weight excluding hydrogens is 360 g/mol. The number of rotatable bonds is 13. The molecule has 0 bridgehead atoms. The van der Waals surface area contributed by atoms with E-state index in [1.165, 1.54) is 56.9 Å². The van der Waals surface area contributed by atoms with Crippen molar-refractivity contribution < 1.29 is 9.47 Å². The maximum absolute atomic E-state index is 6.01. The highest BCUT2D eigenvalue weighted by atomic mass is 16.5. The van der Waals surface area contributed by atoms with Crippen LogP contribution in [0, 0.1) is 0 Å². The minimum Gasteiger partial charge on any atom is -0.497 e. The molecule has 0 amide bonds. The Morgan fingerprint density at radius 2 is 1.45 bits per heavy atom. The van der Waals surface area contributed by atoms with Crippen molar-refractivity contribution in [3.05, 3.63) is 54.4 Å². The van der Waals surface area contributed by atoms with E-state index in [4.69, 9.17) is 14.5 Å². The van der Waals surface area contributed by atoms with Crippen molar-refractivity contribution in [1.82, 2.24) is 9.55 Å². The second-order valence-electron chi connectivity index (χ2n) is 7.61. The topological polar surface area (TPSA) is 36.3 Å². The zero-order valence-electron chi connectivity index (χ0n) is 17.9. The normalized spacial score (nSPS) is 11.1. The fourth-order valence-corrected chi connectivity index (χ4v) is 3.71. The Bertz CT molecular complexity index is 855. The first-order valence-corrected chi connectivity index (χ1v) is 11.0. The zero-order chi connectivity index (χ0) is 20.3. The van der Waals surface area contributed by atoms with Gasteiger partial charge in [-0.1, -0.05) is 64.0 Å². The lowest BCUT2D eigenvalue weighted by Crippen LogP contribution is -2.07. The second kappa shape index (κ2) is 11.5. The van der Waals surface area contributed by atoms with Gasteiger partial charge in [0.1, 0.15) is 23.9 Å². The molecule has 0 aliphatic rings. The number of hydrogen-bond acceptors (Lipinski definition) is 3. The number of fused-ring (bicyclic) bond motifs is 1.